The van der Waals surface area contributed by atoms with Crippen LogP contribution in [0.2, 0.25) is 0 Å². The van der Waals surface area contributed by atoms with Crippen LogP contribution < -0.4 is 0 Å². The van der Waals surface area contributed by atoms with E-state index in [0.717, 1.165) is 4.90 Å². The summed E-state index contributed by atoms with van der Waals surface area (Å²) < 4.78 is 13.5. The van der Waals surface area contributed by atoms with Gasteiger partial charge in [-0.25, -0.2) is 4.39 Å². The van der Waals surface area contributed by atoms with Gasteiger partial charge in [0.15, 0.2) is 0 Å². The van der Waals surface area contributed by atoms with Crippen LogP contribution in [-0.4, -0.2) is 28.4 Å². The van der Waals surface area contributed by atoms with E-state index in [9.17, 15) is 14.0 Å². The van der Waals surface area contributed by atoms with Crippen molar-refractivity contribution in [2.45, 2.75) is 25.8 Å². The highest BCUT2D eigenvalue weighted by Gasteiger charge is 2.25. The number of likely N-dealkylation sites (tertiary alicyclic amines) is 1. The average Bonchev–Trinajstić information content (AvgIpc) is 2.40. The summed E-state index contributed by atoms with van der Waals surface area (Å²) >= 11 is 0. The third-order valence-corrected chi connectivity index (χ3v) is 2.99. The summed E-state index contributed by atoms with van der Waals surface area (Å²) in [6.07, 6.45) is 1.26. The summed E-state index contributed by atoms with van der Waals surface area (Å²) in [5.41, 5.74) is 0.918. The topological polar surface area (TPSA) is 57.6 Å². The molecule has 0 radical (unpaired) electrons. The van der Waals surface area contributed by atoms with Crippen molar-refractivity contribution in [3.63, 3.8) is 0 Å². The molecule has 104 valence electrons. The number of imide groups is 1. The molecule has 0 unspecified atom stereocenters. The van der Waals surface area contributed by atoms with Crippen LogP contribution in [0.5, 0.6) is 0 Å². The van der Waals surface area contributed by atoms with E-state index in [1.807, 2.05) is 0 Å². The van der Waals surface area contributed by atoms with Crippen LogP contribution >= 0.6 is 0 Å². The fourth-order valence-corrected chi connectivity index (χ4v) is 2.11. The fourth-order valence-electron chi connectivity index (χ4n) is 2.11. The average molecular weight is 275 g/mol. The van der Waals surface area contributed by atoms with Crippen molar-refractivity contribution >= 4 is 11.8 Å². The maximum atomic E-state index is 13.5. The van der Waals surface area contributed by atoms with Gasteiger partial charge in [0.1, 0.15) is 12.4 Å². The van der Waals surface area contributed by atoms with Gasteiger partial charge in [-0.15, -0.1) is 0 Å². The number of nitrogens with zero attached hydrogens (tertiary/aromatic N) is 1. The maximum Gasteiger partial charge on any atom is 0.229 e. The predicted octanol–water partition coefficient (Wildman–Crippen LogP) is 1.21. The summed E-state index contributed by atoms with van der Waals surface area (Å²) in [6.45, 7) is -0.252. The van der Waals surface area contributed by atoms with Crippen molar-refractivity contribution in [3.8, 4) is 11.8 Å². The molecule has 0 atom stereocenters. The summed E-state index contributed by atoms with van der Waals surface area (Å²) in [4.78, 5) is 24.6. The zero-order valence-corrected chi connectivity index (χ0v) is 10.9. The molecule has 1 aromatic rings. The number of amides is 2. The molecule has 0 aliphatic carbocycles. The molecule has 2 amide bonds. The summed E-state index contributed by atoms with van der Waals surface area (Å²) in [6, 6.07) is 4.13. The van der Waals surface area contributed by atoms with E-state index in [1.54, 1.807) is 6.07 Å². The van der Waals surface area contributed by atoms with Gasteiger partial charge in [0, 0.05) is 18.4 Å². The summed E-state index contributed by atoms with van der Waals surface area (Å²) in [5, 5.41) is 8.63. The van der Waals surface area contributed by atoms with Crippen molar-refractivity contribution in [3.05, 3.63) is 35.1 Å². The molecule has 0 aromatic heterocycles. The molecule has 5 heteroatoms. The molecule has 2 rings (SSSR count). The Kier molecular flexibility index (Phi) is 4.49. The molecule has 0 bridgehead atoms. The number of hydrogen-bond donors (Lipinski definition) is 1. The largest absolute Gasteiger partial charge is 0.384 e. The minimum Gasteiger partial charge on any atom is -0.384 e. The van der Waals surface area contributed by atoms with Crippen LogP contribution in [0.1, 0.15) is 30.4 Å². The molecular formula is C15H14FNO3. The second-order valence-electron chi connectivity index (χ2n) is 4.54. The number of carbonyl (C=O) groups is 2. The first-order valence-corrected chi connectivity index (χ1v) is 6.32. The Balaban J connectivity index is 2.22. The highest BCUT2D eigenvalue weighted by Crippen LogP contribution is 2.17. The molecule has 1 aliphatic heterocycles. The molecule has 1 saturated heterocycles. The van der Waals surface area contributed by atoms with Gasteiger partial charge >= 0.3 is 0 Å². The Hall–Kier alpha value is -2.19. The van der Waals surface area contributed by atoms with Gasteiger partial charge in [-0.1, -0.05) is 11.8 Å². The number of benzene rings is 1. The molecule has 0 saturated carbocycles. The standard InChI is InChI=1S/C15H14FNO3/c16-13-8-11(3-2-6-18)7-12(9-13)10-17-14(19)4-1-5-15(17)20/h7-9,18H,1,4-6,10H2. The molecule has 1 aromatic carbocycles. The minimum atomic E-state index is -0.485. The number of piperidine rings is 1. The van der Waals surface area contributed by atoms with Crippen molar-refractivity contribution in [2.75, 3.05) is 6.61 Å². The molecule has 1 heterocycles. The molecule has 0 spiro atoms. The Morgan fingerprint density at radius 1 is 1.20 bits per heavy atom. The number of halogens is 1. The Labute approximate surface area is 116 Å². The Bertz CT molecular complexity index is 585. The third-order valence-electron chi connectivity index (χ3n) is 2.99. The lowest BCUT2D eigenvalue weighted by molar-refractivity contribution is -0.148. The second-order valence-corrected chi connectivity index (χ2v) is 4.54. The van der Waals surface area contributed by atoms with E-state index >= 15 is 0 Å². The summed E-state index contributed by atoms with van der Waals surface area (Å²) in [5.74, 6) is 4.10. The molecule has 20 heavy (non-hydrogen) atoms. The van der Waals surface area contributed by atoms with Gasteiger partial charge in [-0.3, -0.25) is 14.5 Å². The monoisotopic (exact) mass is 275 g/mol. The number of carbonyl (C=O) groups excluding carboxylic acids is 2. The zero-order chi connectivity index (χ0) is 14.5. The Morgan fingerprint density at radius 3 is 2.55 bits per heavy atom. The lowest BCUT2D eigenvalue weighted by Crippen LogP contribution is -2.39. The zero-order valence-electron chi connectivity index (χ0n) is 10.9. The number of hydrogen-bond acceptors (Lipinski definition) is 3. The smallest absolute Gasteiger partial charge is 0.229 e. The van der Waals surface area contributed by atoms with Crippen molar-refractivity contribution in [2.24, 2.45) is 0 Å². The maximum absolute atomic E-state index is 13.5. The molecule has 1 aliphatic rings. The summed E-state index contributed by atoms with van der Waals surface area (Å²) in [7, 11) is 0. The van der Waals surface area contributed by atoms with Crippen LogP contribution in [-0.2, 0) is 16.1 Å². The third kappa shape index (κ3) is 3.43. The van der Waals surface area contributed by atoms with E-state index in [-0.39, 0.29) is 25.0 Å². The molecular weight excluding hydrogens is 261 g/mol. The van der Waals surface area contributed by atoms with E-state index in [1.165, 1.54) is 12.1 Å². The van der Waals surface area contributed by atoms with Crippen molar-refractivity contribution in [1.29, 1.82) is 0 Å². The van der Waals surface area contributed by atoms with Gasteiger partial charge in [0.05, 0.1) is 6.54 Å². The van der Waals surface area contributed by atoms with Gasteiger partial charge in [0.2, 0.25) is 11.8 Å². The normalized spacial score (nSPS) is 15.0. The van der Waals surface area contributed by atoms with Crippen molar-refractivity contribution < 1.29 is 19.1 Å². The second kappa shape index (κ2) is 6.31. The molecule has 1 N–H and O–H groups in total. The molecule has 4 nitrogen and oxygen atoms in total. The quantitative estimate of drug-likeness (QED) is 0.652. The molecule has 1 fully saturated rings. The van der Waals surface area contributed by atoms with E-state index in [2.05, 4.69) is 11.8 Å². The lowest BCUT2D eigenvalue weighted by atomic mass is 10.1. The van der Waals surface area contributed by atoms with Crippen LogP contribution in [0, 0.1) is 17.7 Å². The van der Waals surface area contributed by atoms with Gasteiger partial charge in [0.25, 0.3) is 0 Å². The van der Waals surface area contributed by atoms with Crippen molar-refractivity contribution in [1.82, 2.24) is 4.90 Å². The van der Waals surface area contributed by atoms with E-state index in [4.69, 9.17) is 5.11 Å². The van der Waals surface area contributed by atoms with E-state index in [0.29, 0.717) is 30.4 Å². The number of aliphatic hydroxyl groups is 1. The van der Waals surface area contributed by atoms with Gasteiger partial charge < -0.3 is 5.11 Å². The number of aliphatic hydroxyl groups excluding tert-OH is 1. The van der Waals surface area contributed by atoms with Gasteiger partial charge in [-0.2, -0.15) is 0 Å². The number of rotatable bonds is 2. The van der Waals surface area contributed by atoms with Crippen LogP contribution in [0.3, 0.4) is 0 Å². The van der Waals surface area contributed by atoms with Crippen LogP contribution in [0.15, 0.2) is 18.2 Å². The van der Waals surface area contributed by atoms with Crippen LogP contribution in [0.4, 0.5) is 4.39 Å². The van der Waals surface area contributed by atoms with E-state index < -0.39 is 5.82 Å². The highest BCUT2D eigenvalue weighted by atomic mass is 19.1. The lowest BCUT2D eigenvalue weighted by Gasteiger charge is -2.24. The minimum absolute atomic E-state index is 0.0588. The first-order chi connectivity index (χ1) is 9.60. The SMILES string of the molecule is O=C1CCCC(=O)N1Cc1cc(F)cc(C#CCO)c1. The Morgan fingerprint density at radius 2 is 1.90 bits per heavy atom. The van der Waals surface area contributed by atoms with Crippen LogP contribution in [0.25, 0.3) is 0 Å². The first kappa shape index (κ1) is 14.2. The van der Waals surface area contributed by atoms with Gasteiger partial charge in [-0.05, 0) is 30.2 Å². The first-order valence-electron chi connectivity index (χ1n) is 6.32. The fraction of sp³-hybridized carbons (Fsp3) is 0.333. The predicted molar refractivity (Wildman–Crippen MR) is 69.8 cm³/mol. The highest BCUT2D eigenvalue weighted by molar-refractivity contribution is 5.97.